The Hall–Kier alpha value is -3.54. The molecule has 9 heteroatoms. The van der Waals surface area contributed by atoms with Crippen LogP contribution < -0.4 is 4.74 Å². The van der Waals surface area contributed by atoms with E-state index >= 15 is 0 Å². The van der Waals surface area contributed by atoms with Crippen LogP contribution in [0.1, 0.15) is 23.1 Å². The number of pyridine rings is 1. The minimum Gasteiger partial charge on any atom is -0.494 e. The van der Waals surface area contributed by atoms with Gasteiger partial charge in [-0.15, -0.1) is 5.10 Å². The Morgan fingerprint density at radius 3 is 2.78 bits per heavy atom. The van der Waals surface area contributed by atoms with Gasteiger partial charge in [0.15, 0.2) is 11.6 Å². The molecule has 9 nitrogen and oxygen atoms in total. The van der Waals surface area contributed by atoms with Gasteiger partial charge in [-0.05, 0) is 0 Å². The van der Waals surface area contributed by atoms with Crippen LogP contribution in [0.25, 0.3) is 16.7 Å². The minimum atomic E-state index is -0.636. The van der Waals surface area contributed by atoms with E-state index in [1.807, 2.05) is 6.07 Å². The number of fused-ring (bicyclic) bond motifs is 1. The van der Waals surface area contributed by atoms with Crippen molar-refractivity contribution in [1.29, 1.82) is 5.26 Å². The lowest BCUT2D eigenvalue weighted by Gasteiger charge is -2.06. The quantitative estimate of drug-likeness (QED) is 0.557. The lowest BCUT2D eigenvalue weighted by Crippen LogP contribution is -2.09. The number of hydrogen-bond donors (Lipinski definition) is 1. The van der Waals surface area contributed by atoms with Crippen LogP contribution in [0.5, 0.6) is 5.75 Å². The third-order valence-corrected chi connectivity index (χ3v) is 3.25. The highest BCUT2D eigenvalue weighted by atomic mass is 16.5. The molecule has 0 saturated carbocycles. The summed E-state index contributed by atoms with van der Waals surface area (Å²) in [6.07, 6.45) is 4.17. The van der Waals surface area contributed by atoms with Crippen LogP contribution in [0.15, 0.2) is 18.7 Å². The third kappa shape index (κ3) is 2.22. The van der Waals surface area contributed by atoms with Gasteiger partial charge in [0.25, 0.3) is 5.82 Å². The lowest BCUT2D eigenvalue weighted by molar-refractivity contribution is -0.113. The Kier molecular flexibility index (Phi) is 3.34. The average molecular weight is 310 g/mol. The minimum absolute atomic E-state index is 0.0117. The number of nitrogens with zero attached hydrogens (tertiary/aromatic N) is 5. The molecule has 3 rings (SSSR count). The first-order valence-corrected chi connectivity index (χ1v) is 6.48. The van der Waals surface area contributed by atoms with Gasteiger partial charge in [-0.3, -0.25) is 9.59 Å². The maximum Gasteiger partial charge on any atom is 0.252 e. The summed E-state index contributed by atoms with van der Waals surface area (Å²) in [5.41, 5.74) is 0.636. The number of H-pyrrole nitrogens is 1. The molecule has 0 aliphatic rings. The molecule has 3 aromatic heterocycles. The van der Waals surface area contributed by atoms with Gasteiger partial charge >= 0.3 is 0 Å². The Labute approximate surface area is 129 Å². The number of hydrogen-bond acceptors (Lipinski definition) is 7. The number of carbonyl (C=O) groups is 2. The molecule has 0 saturated heterocycles. The van der Waals surface area contributed by atoms with Crippen molar-refractivity contribution in [2.45, 2.75) is 6.92 Å². The van der Waals surface area contributed by atoms with Crippen molar-refractivity contribution in [2.24, 2.45) is 0 Å². The van der Waals surface area contributed by atoms with Crippen molar-refractivity contribution >= 4 is 22.5 Å². The SMILES string of the molecule is COc1cnc(-n2cnc(C#N)n2)c2[nH]cc(C(=O)C(C)=O)c12. The second kappa shape index (κ2) is 5.34. The highest BCUT2D eigenvalue weighted by Crippen LogP contribution is 2.31. The lowest BCUT2D eigenvalue weighted by atomic mass is 10.1. The molecule has 0 radical (unpaired) electrons. The molecule has 0 aromatic carbocycles. The maximum atomic E-state index is 12.1. The van der Waals surface area contributed by atoms with Gasteiger partial charge in [-0.1, -0.05) is 0 Å². The number of nitrogens with one attached hydrogen (secondary N) is 1. The largest absolute Gasteiger partial charge is 0.494 e. The highest BCUT2D eigenvalue weighted by Gasteiger charge is 2.22. The van der Waals surface area contributed by atoms with E-state index in [0.717, 1.165) is 0 Å². The van der Waals surface area contributed by atoms with Gasteiger partial charge in [0.1, 0.15) is 18.1 Å². The fourth-order valence-electron chi connectivity index (χ4n) is 2.22. The number of Topliss-reactive ketones (excluding diaryl/α,β-unsaturated/α-hetero) is 2. The number of rotatable bonds is 4. The average Bonchev–Trinajstić information content (AvgIpc) is 3.20. The monoisotopic (exact) mass is 310 g/mol. The van der Waals surface area contributed by atoms with Crippen molar-refractivity contribution in [3.63, 3.8) is 0 Å². The maximum absolute atomic E-state index is 12.1. The Morgan fingerprint density at radius 1 is 1.39 bits per heavy atom. The van der Waals surface area contributed by atoms with E-state index in [-0.39, 0.29) is 11.4 Å². The molecule has 23 heavy (non-hydrogen) atoms. The molecule has 3 heterocycles. The Morgan fingerprint density at radius 2 is 2.17 bits per heavy atom. The summed E-state index contributed by atoms with van der Waals surface area (Å²) in [7, 11) is 1.44. The molecule has 0 aliphatic heterocycles. The van der Waals surface area contributed by atoms with Crippen LogP contribution >= 0.6 is 0 Å². The molecule has 1 N–H and O–H groups in total. The summed E-state index contributed by atoms with van der Waals surface area (Å²) in [6.45, 7) is 1.20. The molecular weight excluding hydrogens is 300 g/mol. The molecule has 0 unspecified atom stereocenters. The van der Waals surface area contributed by atoms with E-state index in [1.54, 1.807) is 0 Å². The summed E-state index contributed by atoms with van der Waals surface area (Å²) < 4.78 is 6.53. The number of ketones is 2. The standard InChI is InChI=1S/C14H10N6O3/c1-7(21)13(22)8-4-16-12-11(8)9(23-2)5-17-14(12)20-6-18-10(3-15)19-20/h4-6,16H,1-2H3. The number of aromatic nitrogens is 5. The molecule has 0 spiro atoms. The normalized spacial score (nSPS) is 10.5. The molecule has 0 amide bonds. The van der Waals surface area contributed by atoms with Gasteiger partial charge in [-0.25, -0.2) is 9.97 Å². The number of nitriles is 1. The Bertz CT molecular complexity index is 978. The highest BCUT2D eigenvalue weighted by molar-refractivity contribution is 6.45. The van der Waals surface area contributed by atoms with Crippen LogP contribution in [-0.2, 0) is 4.79 Å². The summed E-state index contributed by atoms with van der Waals surface area (Å²) in [4.78, 5) is 34.4. The zero-order valence-corrected chi connectivity index (χ0v) is 12.2. The molecule has 3 aromatic rings. The van der Waals surface area contributed by atoms with Crippen molar-refractivity contribution in [3.05, 3.63) is 30.1 Å². The summed E-state index contributed by atoms with van der Waals surface area (Å²) >= 11 is 0. The molecule has 0 fully saturated rings. The van der Waals surface area contributed by atoms with E-state index in [4.69, 9.17) is 10.00 Å². The number of methoxy groups -OCH3 is 1. The summed E-state index contributed by atoms with van der Waals surface area (Å²) in [6, 6.07) is 1.82. The number of carbonyl (C=O) groups excluding carboxylic acids is 2. The summed E-state index contributed by atoms with van der Waals surface area (Å²) in [5, 5.41) is 13.2. The molecule has 0 aliphatic carbocycles. The predicted octanol–water partition coefficient (Wildman–Crippen LogP) is 0.796. The van der Waals surface area contributed by atoms with Gasteiger partial charge in [0, 0.05) is 13.1 Å². The fraction of sp³-hybridized carbons (Fsp3) is 0.143. The van der Waals surface area contributed by atoms with Crippen molar-refractivity contribution in [2.75, 3.05) is 7.11 Å². The number of ether oxygens (including phenoxy) is 1. The predicted molar refractivity (Wildman–Crippen MR) is 77.3 cm³/mol. The second-order valence-electron chi connectivity index (χ2n) is 4.61. The zero-order valence-electron chi connectivity index (χ0n) is 12.2. The van der Waals surface area contributed by atoms with E-state index in [0.29, 0.717) is 22.5 Å². The molecule has 114 valence electrons. The van der Waals surface area contributed by atoms with Crippen LogP contribution in [0, 0.1) is 11.3 Å². The first kappa shape index (κ1) is 14.4. The van der Waals surface area contributed by atoms with Gasteiger partial charge in [-0.2, -0.15) is 9.94 Å². The van der Waals surface area contributed by atoms with Crippen molar-refractivity contribution in [3.8, 4) is 17.6 Å². The topological polar surface area (TPSA) is 127 Å². The fourth-order valence-corrected chi connectivity index (χ4v) is 2.22. The second-order valence-corrected chi connectivity index (χ2v) is 4.61. The van der Waals surface area contributed by atoms with Crippen LogP contribution in [0.4, 0.5) is 0 Å². The smallest absolute Gasteiger partial charge is 0.252 e. The van der Waals surface area contributed by atoms with E-state index in [1.165, 1.54) is 37.4 Å². The molecular formula is C14H10N6O3. The van der Waals surface area contributed by atoms with Crippen molar-refractivity contribution < 1.29 is 14.3 Å². The van der Waals surface area contributed by atoms with E-state index < -0.39 is 11.6 Å². The van der Waals surface area contributed by atoms with E-state index in [2.05, 4.69) is 20.1 Å². The van der Waals surface area contributed by atoms with Gasteiger partial charge in [0.05, 0.1) is 29.8 Å². The van der Waals surface area contributed by atoms with E-state index in [9.17, 15) is 9.59 Å². The van der Waals surface area contributed by atoms with Gasteiger partial charge < -0.3 is 9.72 Å². The van der Waals surface area contributed by atoms with Crippen LogP contribution in [0.2, 0.25) is 0 Å². The number of aromatic amines is 1. The zero-order chi connectivity index (χ0) is 16.6. The summed E-state index contributed by atoms with van der Waals surface area (Å²) in [5.74, 6) is -0.558. The first-order valence-electron chi connectivity index (χ1n) is 6.48. The van der Waals surface area contributed by atoms with Gasteiger partial charge in [0.2, 0.25) is 5.78 Å². The Balaban J connectivity index is 2.29. The third-order valence-electron chi connectivity index (χ3n) is 3.25. The first-order chi connectivity index (χ1) is 11.1. The molecule has 0 atom stereocenters. The van der Waals surface area contributed by atoms with Crippen LogP contribution in [-0.4, -0.2) is 43.4 Å². The van der Waals surface area contributed by atoms with Crippen molar-refractivity contribution in [1.82, 2.24) is 24.7 Å². The van der Waals surface area contributed by atoms with Crippen LogP contribution in [0.3, 0.4) is 0 Å². The molecule has 0 bridgehead atoms.